The van der Waals surface area contributed by atoms with Crippen LogP contribution in [0.25, 0.3) is 0 Å². The summed E-state index contributed by atoms with van der Waals surface area (Å²) in [5, 5.41) is 6.27. The molecule has 0 aliphatic carbocycles. The number of hydrogen-bond donors (Lipinski definition) is 2. The van der Waals surface area contributed by atoms with Crippen LogP contribution in [0.15, 0.2) is 18.2 Å². The molecule has 1 aliphatic heterocycles. The van der Waals surface area contributed by atoms with Gasteiger partial charge in [-0.3, -0.25) is 4.79 Å². The zero-order chi connectivity index (χ0) is 14.4. The lowest BCUT2D eigenvalue weighted by Crippen LogP contribution is -2.25. The van der Waals surface area contributed by atoms with E-state index in [1.165, 1.54) is 5.56 Å². The zero-order valence-corrected chi connectivity index (χ0v) is 12.4. The lowest BCUT2D eigenvalue weighted by molar-refractivity contribution is -0.116. The number of rotatable bonds is 7. The summed E-state index contributed by atoms with van der Waals surface area (Å²) in [5.74, 6) is 1.000. The number of aryl methyl sites for hydroxylation is 1. The highest BCUT2D eigenvalue weighted by Crippen LogP contribution is 2.26. The van der Waals surface area contributed by atoms with Gasteiger partial charge in [-0.2, -0.15) is 0 Å². The molecule has 110 valence electrons. The van der Waals surface area contributed by atoms with Gasteiger partial charge in [0.15, 0.2) is 0 Å². The van der Waals surface area contributed by atoms with Crippen molar-refractivity contribution in [3.8, 4) is 5.75 Å². The molecular weight excluding hydrogens is 252 g/mol. The number of anilines is 1. The lowest BCUT2D eigenvalue weighted by Gasteiger charge is -2.18. The van der Waals surface area contributed by atoms with Gasteiger partial charge in [-0.1, -0.05) is 6.92 Å². The minimum absolute atomic E-state index is 0.101. The third kappa shape index (κ3) is 4.23. The lowest BCUT2D eigenvalue weighted by atomic mass is 10.0. The Morgan fingerprint density at radius 1 is 1.40 bits per heavy atom. The van der Waals surface area contributed by atoms with E-state index >= 15 is 0 Å². The first-order valence-electron chi connectivity index (χ1n) is 7.48. The zero-order valence-electron chi connectivity index (χ0n) is 12.4. The van der Waals surface area contributed by atoms with Crippen molar-refractivity contribution in [2.24, 2.45) is 0 Å². The summed E-state index contributed by atoms with van der Waals surface area (Å²) in [6, 6.07) is 6.45. The molecule has 20 heavy (non-hydrogen) atoms. The predicted octanol–water partition coefficient (Wildman–Crippen LogP) is 2.73. The highest BCUT2D eigenvalue weighted by atomic mass is 16.5. The van der Waals surface area contributed by atoms with Crippen LogP contribution in [0.5, 0.6) is 5.75 Å². The van der Waals surface area contributed by atoms with Crippen LogP contribution in [-0.2, 0) is 11.2 Å². The first-order chi connectivity index (χ1) is 9.69. The molecule has 0 saturated carbocycles. The van der Waals surface area contributed by atoms with Crippen LogP contribution >= 0.6 is 0 Å². The van der Waals surface area contributed by atoms with Crippen LogP contribution in [-0.4, -0.2) is 25.1 Å². The molecule has 1 aromatic rings. The van der Waals surface area contributed by atoms with Crippen molar-refractivity contribution >= 4 is 11.6 Å². The van der Waals surface area contributed by atoms with Crippen LogP contribution in [0.1, 0.15) is 38.7 Å². The van der Waals surface area contributed by atoms with Crippen molar-refractivity contribution in [2.75, 3.05) is 18.5 Å². The van der Waals surface area contributed by atoms with Crippen molar-refractivity contribution < 1.29 is 9.53 Å². The van der Waals surface area contributed by atoms with Crippen LogP contribution in [0.3, 0.4) is 0 Å². The fraction of sp³-hybridized carbons (Fsp3) is 0.562. The average molecular weight is 276 g/mol. The number of hydrogen-bond acceptors (Lipinski definition) is 3. The van der Waals surface area contributed by atoms with Gasteiger partial charge in [-0.15, -0.1) is 0 Å². The third-order valence-electron chi connectivity index (χ3n) is 3.57. The van der Waals surface area contributed by atoms with Crippen molar-refractivity contribution in [1.29, 1.82) is 0 Å². The van der Waals surface area contributed by atoms with Gasteiger partial charge >= 0.3 is 0 Å². The standard InChI is InChI=1S/C16H24N2O2/c1-3-17-12(2)5-4-10-20-14-7-8-15-13(11-14)6-9-16(19)18-15/h7-8,11-12,17H,3-6,9-10H2,1-2H3,(H,18,19). The second-order valence-corrected chi connectivity index (χ2v) is 5.32. The normalized spacial score (nSPS) is 15.4. The summed E-state index contributed by atoms with van der Waals surface area (Å²) in [6.07, 6.45) is 3.53. The van der Waals surface area contributed by atoms with Crippen LogP contribution < -0.4 is 15.4 Å². The van der Waals surface area contributed by atoms with E-state index in [0.29, 0.717) is 12.5 Å². The molecule has 0 aromatic heterocycles. The maximum Gasteiger partial charge on any atom is 0.224 e. The fourth-order valence-electron chi connectivity index (χ4n) is 2.48. The Morgan fingerprint density at radius 2 is 2.25 bits per heavy atom. The molecule has 4 heteroatoms. The van der Waals surface area contributed by atoms with Crippen LogP contribution in [0.2, 0.25) is 0 Å². The van der Waals surface area contributed by atoms with Gasteiger partial charge < -0.3 is 15.4 Å². The second-order valence-electron chi connectivity index (χ2n) is 5.32. The summed E-state index contributed by atoms with van der Waals surface area (Å²) in [6.45, 7) is 6.07. The molecule has 2 N–H and O–H groups in total. The van der Waals surface area contributed by atoms with Gasteiger partial charge in [0.1, 0.15) is 5.75 Å². The van der Waals surface area contributed by atoms with Gasteiger partial charge in [-0.05, 0) is 56.5 Å². The van der Waals surface area contributed by atoms with Gasteiger partial charge in [0.05, 0.1) is 6.61 Å². The van der Waals surface area contributed by atoms with E-state index < -0.39 is 0 Å². The molecule has 1 aliphatic rings. The molecule has 0 spiro atoms. The minimum Gasteiger partial charge on any atom is -0.494 e. The predicted molar refractivity (Wildman–Crippen MR) is 81.3 cm³/mol. The molecule has 1 aromatic carbocycles. The average Bonchev–Trinajstić information content (AvgIpc) is 2.44. The van der Waals surface area contributed by atoms with Crippen molar-refractivity contribution in [1.82, 2.24) is 5.32 Å². The Balaban J connectivity index is 1.78. The van der Waals surface area contributed by atoms with E-state index in [1.54, 1.807) is 0 Å². The maximum absolute atomic E-state index is 11.3. The first kappa shape index (κ1) is 14.9. The number of nitrogens with one attached hydrogen (secondary N) is 2. The Kier molecular flexibility index (Phi) is 5.41. The molecular formula is C16H24N2O2. The van der Waals surface area contributed by atoms with E-state index in [1.807, 2.05) is 18.2 Å². The summed E-state index contributed by atoms with van der Waals surface area (Å²) >= 11 is 0. The van der Waals surface area contributed by atoms with Crippen LogP contribution in [0, 0.1) is 0 Å². The van der Waals surface area contributed by atoms with E-state index in [9.17, 15) is 4.79 Å². The topological polar surface area (TPSA) is 50.4 Å². The summed E-state index contributed by atoms with van der Waals surface area (Å²) in [4.78, 5) is 11.3. The molecule has 0 radical (unpaired) electrons. The molecule has 1 unspecified atom stereocenters. The molecule has 1 amide bonds. The molecule has 1 atom stereocenters. The van der Waals surface area contributed by atoms with Crippen molar-refractivity contribution in [3.63, 3.8) is 0 Å². The Hall–Kier alpha value is -1.55. The summed E-state index contributed by atoms with van der Waals surface area (Å²) in [7, 11) is 0. The number of amides is 1. The van der Waals surface area contributed by atoms with Gasteiger partial charge in [-0.25, -0.2) is 0 Å². The maximum atomic E-state index is 11.3. The first-order valence-corrected chi connectivity index (χ1v) is 7.48. The second kappa shape index (κ2) is 7.29. The van der Waals surface area contributed by atoms with Crippen LogP contribution in [0.4, 0.5) is 5.69 Å². The van der Waals surface area contributed by atoms with Crippen molar-refractivity contribution in [3.05, 3.63) is 23.8 Å². The smallest absolute Gasteiger partial charge is 0.224 e. The third-order valence-corrected chi connectivity index (χ3v) is 3.57. The highest BCUT2D eigenvalue weighted by Gasteiger charge is 2.14. The Morgan fingerprint density at radius 3 is 3.05 bits per heavy atom. The molecule has 0 bridgehead atoms. The number of ether oxygens (including phenoxy) is 1. The molecule has 2 rings (SSSR count). The number of fused-ring (bicyclic) bond motifs is 1. The monoisotopic (exact) mass is 276 g/mol. The molecule has 0 fully saturated rings. The van der Waals surface area contributed by atoms with E-state index in [0.717, 1.165) is 43.9 Å². The quantitative estimate of drug-likeness (QED) is 0.753. The molecule has 0 saturated heterocycles. The highest BCUT2D eigenvalue weighted by molar-refractivity contribution is 5.93. The number of carbonyl (C=O) groups is 1. The Bertz CT molecular complexity index is 460. The molecule has 1 heterocycles. The largest absolute Gasteiger partial charge is 0.494 e. The number of benzene rings is 1. The summed E-state index contributed by atoms with van der Waals surface area (Å²) in [5.41, 5.74) is 2.09. The number of carbonyl (C=O) groups excluding carboxylic acids is 1. The fourth-order valence-corrected chi connectivity index (χ4v) is 2.48. The van der Waals surface area contributed by atoms with E-state index in [-0.39, 0.29) is 5.91 Å². The van der Waals surface area contributed by atoms with Gasteiger partial charge in [0.25, 0.3) is 0 Å². The van der Waals surface area contributed by atoms with Gasteiger partial charge in [0.2, 0.25) is 5.91 Å². The van der Waals surface area contributed by atoms with E-state index in [4.69, 9.17) is 4.74 Å². The van der Waals surface area contributed by atoms with Crippen molar-refractivity contribution in [2.45, 2.75) is 45.6 Å². The SMILES string of the molecule is CCNC(C)CCCOc1ccc2c(c1)CCC(=O)N2. The minimum atomic E-state index is 0.101. The summed E-state index contributed by atoms with van der Waals surface area (Å²) < 4.78 is 5.79. The van der Waals surface area contributed by atoms with Gasteiger partial charge in [0, 0.05) is 18.2 Å². The molecule has 4 nitrogen and oxygen atoms in total. The van der Waals surface area contributed by atoms with E-state index in [2.05, 4.69) is 24.5 Å². The Labute approximate surface area is 120 Å².